The van der Waals surface area contributed by atoms with Crippen molar-refractivity contribution < 1.29 is 0 Å². The lowest BCUT2D eigenvalue weighted by molar-refractivity contribution is 0.343. The first kappa shape index (κ1) is 12.4. The van der Waals surface area contributed by atoms with E-state index in [0.29, 0.717) is 5.88 Å². The molecule has 92 valence electrons. The number of imidazole rings is 1. The molecule has 3 nitrogen and oxygen atoms in total. The highest BCUT2D eigenvalue weighted by Gasteiger charge is 2.17. The molecule has 0 amide bonds. The number of pyridine rings is 1. The first-order valence-corrected chi connectivity index (χ1v) is 6.33. The minimum atomic E-state index is 0.180. The van der Waals surface area contributed by atoms with Crippen LogP contribution in [0.15, 0.2) is 12.1 Å². The SMILES string of the molecule is Cc1ccc2nc(CCl)n(CC(C)(C)C)c2n1. The van der Waals surface area contributed by atoms with Crippen molar-refractivity contribution in [2.24, 2.45) is 5.41 Å². The van der Waals surface area contributed by atoms with Crippen LogP contribution < -0.4 is 0 Å². The highest BCUT2D eigenvalue weighted by Crippen LogP contribution is 2.23. The van der Waals surface area contributed by atoms with Crippen LogP contribution in [0.3, 0.4) is 0 Å². The summed E-state index contributed by atoms with van der Waals surface area (Å²) in [6.45, 7) is 9.47. The molecule has 0 fully saturated rings. The van der Waals surface area contributed by atoms with Crippen molar-refractivity contribution in [3.63, 3.8) is 0 Å². The Morgan fingerprint density at radius 1 is 1.24 bits per heavy atom. The molecule has 2 aromatic rings. The van der Waals surface area contributed by atoms with Crippen molar-refractivity contribution in [1.29, 1.82) is 0 Å². The second-order valence-electron chi connectivity index (χ2n) is 5.60. The summed E-state index contributed by atoms with van der Waals surface area (Å²) in [6.07, 6.45) is 0. The first-order valence-electron chi connectivity index (χ1n) is 5.79. The zero-order valence-electron chi connectivity index (χ0n) is 10.8. The van der Waals surface area contributed by atoms with Gasteiger partial charge < -0.3 is 4.57 Å². The van der Waals surface area contributed by atoms with Gasteiger partial charge in [0.25, 0.3) is 0 Å². The molecular formula is C13H18ClN3. The monoisotopic (exact) mass is 251 g/mol. The van der Waals surface area contributed by atoms with Crippen LogP contribution in [0.5, 0.6) is 0 Å². The van der Waals surface area contributed by atoms with Gasteiger partial charge in [-0.15, -0.1) is 11.6 Å². The lowest BCUT2D eigenvalue weighted by atomic mass is 9.97. The van der Waals surface area contributed by atoms with E-state index < -0.39 is 0 Å². The predicted octanol–water partition coefficient (Wildman–Crippen LogP) is 3.52. The van der Waals surface area contributed by atoms with Gasteiger partial charge in [0, 0.05) is 12.2 Å². The van der Waals surface area contributed by atoms with E-state index in [-0.39, 0.29) is 5.41 Å². The van der Waals surface area contributed by atoms with E-state index in [9.17, 15) is 0 Å². The minimum absolute atomic E-state index is 0.180. The molecule has 0 radical (unpaired) electrons. The van der Waals surface area contributed by atoms with Crippen molar-refractivity contribution in [3.05, 3.63) is 23.7 Å². The van der Waals surface area contributed by atoms with E-state index in [4.69, 9.17) is 11.6 Å². The highest BCUT2D eigenvalue weighted by atomic mass is 35.5. The molecule has 0 aliphatic rings. The Morgan fingerprint density at radius 3 is 2.53 bits per heavy atom. The molecule has 0 saturated heterocycles. The van der Waals surface area contributed by atoms with Crippen LogP contribution in [0.1, 0.15) is 32.3 Å². The Labute approximate surface area is 107 Å². The van der Waals surface area contributed by atoms with Crippen LogP contribution in [0.25, 0.3) is 11.2 Å². The van der Waals surface area contributed by atoms with Crippen LogP contribution in [-0.2, 0) is 12.4 Å². The molecule has 0 spiro atoms. The molecule has 4 heteroatoms. The van der Waals surface area contributed by atoms with Crippen LogP contribution >= 0.6 is 11.6 Å². The number of halogens is 1. The molecular weight excluding hydrogens is 234 g/mol. The third-order valence-corrected chi connectivity index (χ3v) is 2.80. The topological polar surface area (TPSA) is 30.7 Å². The summed E-state index contributed by atoms with van der Waals surface area (Å²) in [5.74, 6) is 1.32. The predicted molar refractivity (Wildman–Crippen MR) is 71.3 cm³/mol. The van der Waals surface area contributed by atoms with Crippen LogP contribution in [0, 0.1) is 12.3 Å². The lowest BCUT2D eigenvalue weighted by Crippen LogP contribution is -2.17. The van der Waals surface area contributed by atoms with Gasteiger partial charge in [0.2, 0.25) is 0 Å². The molecule has 0 atom stereocenters. The summed E-state index contributed by atoms with van der Waals surface area (Å²) in [7, 11) is 0. The van der Waals surface area contributed by atoms with Gasteiger partial charge >= 0.3 is 0 Å². The number of rotatable bonds is 2. The highest BCUT2D eigenvalue weighted by molar-refractivity contribution is 6.16. The van der Waals surface area contributed by atoms with E-state index in [1.54, 1.807) is 0 Å². The quantitative estimate of drug-likeness (QED) is 0.765. The summed E-state index contributed by atoms with van der Waals surface area (Å²) < 4.78 is 2.13. The number of hydrogen-bond acceptors (Lipinski definition) is 2. The van der Waals surface area contributed by atoms with Crippen molar-refractivity contribution in [3.8, 4) is 0 Å². The van der Waals surface area contributed by atoms with Gasteiger partial charge in [-0.1, -0.05) is 20.8 Å². The van der Waals surface area contributed by atoms with Gasteiger partial charge in [-0.2, -0.15) is 0 Å². The number of hydrogen-bond donors (Lipinski definition) is 0. The fraction of sp³-hybridized carbons (Fsp3) is 0.538. The molecule has 0 N–H and O–H groups in total. The summed E-state index contributed by atoms with van der Waals surface area (Å²) in [6, 6.07) is 3.99. The maximum Gasteiger partial charge on any atom is 0.160 e. The van der Waals surface area contributed by atoms with Gasteiger partial charge in [0.05, 0.1) is 5.88 Å². The lowest BCUT2D eigenvalue weighted by Gasteiger charge is -2.20. The molecule has 0 saturated carbocycles. The maximum absolute atomic E-state index is 5.96. The van der Waals surface area contributed by atoms with Crippen molar-refractivity contribution in [2.75, 3.05) is 0 Å². The van der Waals surface area contributed by atoms with Gasteiger partial charge in [0.1, 0.15) is 11.3 Å². The zero-order chi connectivity index (χ0) is 12.6. The standard InChI is InChI=1S/C13H18ClN3/c1-9-5-6-10-12(15-9)17(8-13(2,3)4)11(7-14)16-10/h5-6H,7-8H2,1-4H3. The fourth-order valence-electron chi connectivity index (χ4n) is 1.89. The Kier molecular flexibility index (Phi) is 3.13. The maximum atomic E-state index is 5.96. The third-order valence-electron chi connectivity index (χ3n) is 2.56. The number of fused-ring (bicyclic) bond motifs is 1. The van der Waals surface area contributed by atoms with Gasteiger partial charge in [0.15, 0.2) is 5.65 Å². The third kappa shape index (κ3) is 2.60. The molecule has 17 heavy (non-hydrogen) atoms. The molecule has 0 aromatic carbocycles. The molecule has 0 aliphatic heterocycles. The smallest absolute Gasteiger partial charge is 0.160 e. The Balaban J connectivity index is 2.60. The summed E-state index contributed by atoms with van der Waals surface area (Å²) in [5, 5.41) is 0. The first-order chi connectivity index (χ1) is 7.90. The van der Waals surface area contributed by atoms with E-state index in [1.165, 1.54) is 0 Å². The molecule has 2 aromatic heterocycles. The Hall–Kier alpha value is -1.09. The minimum Gasteiger partial charge on any atom is -0.311 e. The average molecular weight is 252 g/mol. The molecule has 0 aliphatic carbocycles. The largest absolute Gasteiger partial charge is 0.311 e. The van der Waals surface area contributed by atoms with E-state index in [2.05, 4.69) is 35.3 Å². The fourth-order valence-corrected chi connectivity index (χ4v) is 2.09. The van der Waals surface area contributed by atoms with E-state index in [0.717, 1.165) is 29.2 Å². The second-order valence-corrected chi connectivity index (χ2v) is 5.87. The summed E-state index contributed by atoms with van der Waals surface area (Å²) in [4.78, 5) is 9.10. The van der Waals surface area contributed by atoms with E-state index in [1.807, 2.05) is 19.1 Å². The zero-order valence-corrected chi connectivity index (χ0v) is 11.5. The normalized spacial score (nSPS) is 12.3. The van der Waals surface area contributed by atoms with Crippen LogP contribution in [0.4, 0.5) is 0 Å². The Morgan fingerprint density at radius 2 is 1.94 bits per heavy atom. The van der Waals surface area contributed by atoms with Gasteiger partial charge in [-0.05, 0) is 24.5 Å². The summed E-state index contributed by atoms with van der Waals surface area (Å²) >= 11 is 5.96. The number of aryl methyl sites for hydroxylation is 1. The molecule has 0 bridgehead atoms. The van der Waals surface area contributed by atoms with Crippen molar-refractivity contribution in [1.82, 2.24) is 14.5 Å². The van der Waals surface area contributed by atoms with Crippen molar-refractivity contribution in [2.45, 2.75) is 40.1 Å². The van der Waals surface area contributed by atoms with Gasteiger partial charge in [-0.3, -0.25) is 0 Å². The summed E-state index contributed by atoms with van der Waals surface area (Å²) in [5.41, 5.74) is 3.06. The average Bonchev–Trinajstić information content (AvgIpc) is 2.54. The van der Waals surface area contributed by atoms with Crippen LogP contribution in [-0.4, -0.2) is 14.5 Å². The number of nitrogens with zero attached hydrogens (tertiary/aromatic N) is 3. The van der Waals surface area contributed by atoms with Crippen molar-refractivity contribution >= 4 is 22.8 Å². The second kappa shape index (κ2) is 4.30. The Bertz CT molecular complexity index is 537. The van der Waals surface area contributed by atoms with E-state index >= 15 is 0 Å². The number of aromatic nitrogens is 3. The van der Waals surface area contributed by atoms with Crippen LogP contribution in [0.2, 0.25) is 0 Å². The molecule has 0 unspecified atom stereocenters. The molecule has 2 heterocycles. The van der Waals surface area contributed by atoms with Gasteiger partial charge in [-0.25, -0.2) is 9.97 Å². The number of alkyl halides is 1. The molecule has 2 rings (SSSR count).